The molecule has 0 radical (unpaired) electrons. The average molecular weight is 404 g/mol. The van der Waals surface area contributed by atoms with Crippen LogP contribution in [-0.4, -0.2) is 49.3 Å². The SMILES string of the molecule is COc1ccccc1NC(=O)Nc1cc(N2CCN(c3ccccc3)CC2)ncn1. The second kappa shape index (κ2) is 9.13. The Morgan fingerprint density at radius 1 is 0.900 bits per heavy atom. The molecule has 0 spiro atoms. The number of benzene rings is 2. The van der Waals surface area contributed by atoms with Crippen molar-refractivity contribution in [3.63, 3.8) is 0 Å². The molecule has 2 aromatic carbocycles. The lowest BCUT2D eigenvalue weighted by Crippen LogP contribution is -2.46. The van der Waals surface area contributed by atoms with Gasteiger partial charge in [-0.05, 0) is 24.3 Å². The molecule has 1 aliphatic heterocycles. The molecule has 1 aliphatic rings. The summed E-state index contributed by atoms with van der Waals surface area (Å²) in [6.45, 7) is 3.51. The third-order valence-corrected chi connectivity index (χ3v) is 4.97. The number of anilines is 4. The molecule has 0 saturated carbocycles. The minimum atomic E-state index is -0.391. The summed E-state index contributed by atoms with van der Waals surface area (Å²) in [5, 5.41) is 5.54. The molecular weight excluding hydrogens is 380 g/mol. The molecule has 2 heterocycles. The van der Waals surface area contributed by atoms with E-state index in [1.807, 2.05) is 18.2 Å². The minimum absolute atomic E-state index is 0.391. The van der Waals surface area contributed by atoms with E-state index in [4.69, 9.17) is 4.74 Å². The highest BCUT2D eigenvalue weighted by atomic mass is 16.5. The third-order valence-electron chi connectivity index (χ3n) is 4.97. The molecule has 4 rings (SSSR count). The van der Waals surface area contributed by atoms with Crippen molar-refractivity contribution < 1.29 is 9.53 Å². The van der Waals surface area contributed by atoms with E-state index in [9.17, 15) is 4.79 Å². The molecular formula is C22H24N6O2. The number of nitrogens with one attached hydrogen (secondary N) is 2. The van der Waals surface area contributed by atoms with Crippen LogP contribution < -0.4 is 25.2 Å². The highest BCUT2D eigenvalue weighted by molar-refractivity contribution is 6.00. The number of para-hydroxylation sites is 3. The molecule has 8 nitrogen and oxygen atoms in total. The Bertz CT molecular complexity index is 990. The average Bonchev–Trinajstić information content (AvgIpc) is 2.80. The Labute approximate surface area is 175 Å². The second-order valence-corrected chi connectivity index (χ2v) is 6.85. The van der Waals surface area contributed by atoms with Gasteiger partial charge in [0.05, 0.1) is 12.8 Å². The molecule has 1 fully saturated rings. The monoisotopic (exact) mass is 404 g/mol. The molecule has 2 N–H and O–H groups in total. The summed E-state index contributed by atoms with van der Waals surface area (Å²) in [6.07, 6.45) is 1.47. The molecule has 30 heavy (non-hydrogen) atoms. The molecule has 2 amide bonds. The fraction of sp³-hybridized carbons (Fsp3) is 0.227. The number of rotatable bonds is 5. The molecule has 0 unspecified atom stereocenters. The van der Waals surface area contributed by atoms with E-state index in [2.05, 4.69) is 54.7 Å². The van der Waals surface area contributed by atoms with Crippen molar-refractivity contribution in [2.45, 2.75) is 0 Å². The maximum atomic E-state index is 12.4. The summed E-state index contributed by atoms with van der Waals surface area (Å²) in [5.41, 5.74) is 1.82. The van der Waals surface area contributed by atoms with Crippen molar-refractivity contribution in [3.8, 4) is 5.75 Å². The van der Waals surface area contributed by atoms with Gasteiger partial charge >= 0.3 is 6.03 Å². The fourth-order valence-electron chi connectivity index (χ4n) is 3.44. The van der Waals surface area contributed by atoms with Gasteiger partial charge in [-0.2, -0.15) is 0 Å². The molecule has 154 valence electrons. The van der Waals surface area contributed by atoms with Gasteiger partial charge in [0.1, 0.15) is 23.7 Å². The van der Waals surface area contributed by atoms with Gasteiger partial charge in [-0.1, -0.05) is 30.3 Å². The Hall–Kier alpha value is -3.81. The smallest absolute Gasteiger partial charge is 0.324 e. The van der Waals surface area contributed by atoms with Crippen molar-refractivity contribution in [2.24, 2.45) is 0 Å². The van der Waals surface area contributed by atoms with Crippen molar-refractivity contribution in [1.29, 1.82) is 0 Å². The number of methoxy groups -OCH3 is 1. The van der Waals surface area contributed by atoms with Crippen LogP contribution in [0.2, 0.25) is 0 Å². The van der Waals surface area contributed by atoms with Crippen molar-refractivity contribution in [2.75, 3.05) is 53.7 Å². The van der Waals surface area contributed by atoms with Crippen molar-refractivity contribution in [3.05, 3.63) is 67.0 Å². The number of amides is 2. The summed E-state index contributed by atoms with van der Waals surface area (Å²) >= 11 is 0. The van der Waals surface area contributed by atoms with E-state index in [1.165, 1.54) is 12.0 Å². The van der Waals surface area contributed by atoms with Gasteiger partial charge < -0.3 is 19.9 Å². The lowest BCUT2D eigenvalue weighted by molar-refractivity contribution is 0.262. The lowest BCUT2D eigenvalue weighted by atomic mass is 10.2. The van der Waals surface area contributed by atoms with Crippen molar-refractivity contribution >= 4 is 29.0 Å². The van der Waals surface area contributed by atoms with Gasteiger partial charge in [-0.15, -0.1) is 0 Å². The largest absolute Gasteiger partial charge is 0.495 e. The number of ether oxygens (including phenoxy) is 1. The van der Waals surface area contributed by atoms with E-state index < -0.39 is 6.03 Å². The first-order chi connectivity index (χ1) is 14.7. The lowest BCUT2D eigenvalue weighted by Gasteiger charge is -2.36. The van der Waals surface area contributed by atoms with Crippen LogP contribution in [0.3, 0.4) is 0 Å². The number of piperazine rings is 1. The molecule has 3 aromatic rings. The summed E-state index contributed by atoms with van der Waals surface area (Å²) in [4.78, 5) is 25.5. The maximum absolute atomic E-state index is 12.4. The Morgan fingerprint density at radius 3 is 2.37 bits per heavy atom. The van der Waals surface area contributed by atoms with Crippen LogP contribution in [-0.2, 0) is 0 Å². The number of carbonyl (C=O) groups is 1. The highest BCUT2D eigenvalue weighted by Crippen LogP contribution is 2.24. The number of urea groups is 1. The first-order valence-corrected chi connectivity index (χ1v) is 9.81. The Balaban J connectivity index is 1.37. The summed E-state index contributed by atoms with van der Waals surface area (Å²) in [5.74, 6) is 1.83. The molecule has 0 atom stereocenters. The molecule has 1 saturated heterocycles. The van der Waals surface area contributed by atoms with Crippen LogP contribution in [0, 0.1) is 0 Å². The highest BCUT2D eigenvalue weighted by Gasteiger charge is 2.19. The predicted molar refractivity (Wildman–Crippen MR) is 119 cm³/mol. The van der Waals surface area contributed by atoms with Gasteiger partial charge in [-0.3, -0.25) is 5.32 Å². The van der Waals surface area contributed by atoms with Crippen molar-refractivity contribution in [1.82, 2.24) is 9.97 Å². The first kappa shape index (κ1) is 19.5. The van der Waals surface area contributed by atoms with Crippen LogP contribution in [0.15, 0.2) is 67.0 Å². The molecule has 0 aliphatic carbocycles. The quantitative estimate of drug-likeness (QED) is 0.678. The zero-order chi connectivity index (χ0) is 20.8. The zero-order valence-electron chi connectivity index (χ0n) is 16.8. The number of hydrogen-bond acceptors (Lipinski definition) is 6. The first-order valence-electron chi connectivity index (χ1n) is 9.81. The minimum Gasteiger partial charge on any atom is -0.495 e. The molecule has 1 aromatic heterocycles. The Kier molecular flexibility index (Phi) is 5.93. The Morgan fingerprint density at radius 2 is 1.60 bits per heavy atom. The normalized spacial score (nSPS) is 13.6. The number of carbonyl (C=O) groups excluding carboxylic acids is 1. The van der Waals surface area contributed by atoms with Crippen LogP contribution >= 0.6 is 0 Å². The van der Waals surface area contributed by atoms with Gasteiger partial charge in [0.2, 0.25) is 0 Å². The molecule has 0 bridgehead atoms. The van der Waals surface area contributed by atoms with Crippen LogP contribution in [0.1, 0.15) is 0 Å². The summed E-state index contributed by atoms with van der Waals surface area (Å²) in [6, 6.07) is 19.0. The summed E-state index contributed by atoms with van der Waals surface area (Å²) < 4.78 is 5.26. The van der Waals surface area contributed by atoms with Crippen LogP contribution in [0.4, 0.5) is 27.8 Å². The second-order valence-electron chi connectivity index (χ2n) is 6.85. The summed E-state index contributed by atoms with van der Waals surface area (Å²) in [7, 11) is 1.56. The van der Waals surface area contributed by atoms with E-state index in [1.54, 1.807) is 25.3 Å². The van der Waals surface area contributed by atoms with Gasteiger partial charge in [0.15, 0.2) is 0 Å². The van der Waals surface area contributed by atoms with Gasteiger partial charge in [-0.25, -0.2) is 14.8 Å². The van der Waals surface area contributed by atoms with E-state index in [-0.39, 0.29) is 0 Å². The fourth-order valence-corrected chi connectivity index (χ4v) is 3.44. The zero-order valence-corrected chi connectivity index (χ0v) is 16.8. The number of nitrogens with zero attached hydrogens (tertiary/aromatic N) is 4. The number of hydrogen-bond donors (Lipinski definition) is 2. The molecule has 8 heteroatoms. The van der Waals surface area contributed by atoms with Gasteiger partial charge in [0.25, 0.3) is 0 Å². The maximum Gasteiger partial charge on any atom is 0.324 e. The topological polar surface area (TPSA) is 82.6 Å². The van der Waals surface area contributed by atoms with Crippen LogP contribution in [0.5, 0.6) is 5.75 Å². The van der Waals surface area contributed by atoms with Gasteiger partial charge in [0, 0.05) is 37.9 Å². The predicted octanol–water partition coefficient (Wildman–Crippen LogP) is 3.46. The van der Waals surface area contributed by atoms with Crippen LogP contribution in [0.25, 0.3) is 0 Å². The standard InChI is InChI=1S/C22H24N6O2/c1-30-19-10-6-5-9-18(19)25-22(29)26-20-15-21(24-16-23-20)28-13-11-27(12-14-28)17-7-3-2-4-8-17/h2-10,15-16H,11-14H2,1H3,(H2,23,24,25,26,29). The number of aromatic nitrogens is 2. The van der Waals surface area contributed by atoms with E-state index in [0.717, 1.165) is 32.0 Å². The third kappa shape index (κ3) is 4.60. The van der Waals surface area contributed by atoms with E-state index >= 15 is 0 Å². The van der Waals surface area contributed by atoms with E-state index in [0.29, 0.717) is 17.3 Å².